The molecular formula is C31H35N5O5. The number of carbonyl (C=O) groups excluding carboxylic acids is 2. The normalized spacial score (nSPS) is 10.9. The van der Waals surface area contributed by atoms with Gasteiger partial charge in [0.15, 0.2) is 17.2 Å². The average Bonchev–Trinajstić information content (AvgIpc) is 3.01. The highest BCUT2D eigenvalue weighted by atomic mass is 16.5. The molecule has 0 aliphatic rings. The molecule has 0 radical (unpaired) electrons. The minimum absolute atomic E-state index is 0.0299. The molecule has 0 saturated heterocycles. The molecule has 0 fully saturated rings. The van der Waals surface area contributed by atoms with Crippen molar-refractivity contribution in [3.63, 3.8) is 0 Å². The molecule has 2 amide bonds. The average molecular weight is 558 g/mol. The predicted molar refractivity (Wildman–Crippen MR) is 158 cm³/mol. The molecule has 0 aliphatic carbocycles. The number of carbonyl (C=O) groups is 2. The molecule has 10 heteroatoms. The number of hydrogen-bond donors (Lipinski definition) is 2. The quantitative estimate of drug-likeness (QED) is 0.243. The van der Waals surface area contributed by atoms with E-state index in [9.17, 15) is 14.4 Å². The van der Waals surface area contributed by atoms with Gasteiger partial charge in [0.2, 0.25) is 5.91 Å². The Kier molecular flexibility index (Phi) is 10.1. The van der Waals surface area contributed by atoms with Crippen LogP contribution in [-0.4, -0.2) is 66.9 Å². The van der Waals surface area contributed by atoms with E-state index < -0.39 is 11.5 Å². The molecule has 0 aliphatic heterocycles. The molecule has 0 spiro atoms. The largest absolute Gasteiger partial charge is 0.493 e. The number of nitrogens with zero attached hydrogens (tertiary/aromatic N) is 3. The zero-order valence-electron chi connectivity index (χ0n) is 23.6. The van der Waals surface area contributed by atoms with E-state index >= 15 is 0 Å². The van der Waals surface area contributed by atoms with E-state index in [-0.39, 0.29) is 18.1 Å². The molecule has 3 aromatic carbocycles. The van der Waals surface area contributed by atoms with Crippen LogP contribution in [0.4, 0.5) is 0 Å². The minimum Gasteiger partial charge on any atom is -0.493 e. The van der Waals surface area contributed by atoms with Crippen LogP contribution in [0, 0.1) is 0 Å². The lowest BCUT2D eigenvalue weighted by Crippen LogP contribution is -2.39. The number of fused-ring (bicyclic) bond motifs is 1. The molecule has 1 heterocycles. The second-order valence-corrected chi connectivity index (χ2v) is 9.39. The van der Waals surface area contributed by atoms with Gasteiger partial charge in [-0.05, 0) is 36.7 Å². The van der Waals surface area contributed by atoms with Crippen molar-refractivity contribution < 1.29 is 19.1 Å². The zero-order chi connectivity index (χ0) is 29.2. The summed E-state index contributed by atoms with van der Waals surface area (Å²) in [6.07, 6.45) is 0.781. The maximum Gasteiger partial charge on any atom is 0.279 e. The third-order valence-corrected chi connectivity index (χ3v) is 6.71. The highest BCUT2D eigenvalue weighted by Crippen LogP contribution is 2.28. The van der Waals surface area contributed by atoms with Crippen LogP contribution in [0.1, 0.15) is 29.4 Å². The molecule has 10 nitrogen and oxygen atoms in total. The lowest BCUT2D eigenvalue weighted by atomic mass is 10.1. The van der Waals surface area contributed by atoms with Gasteiger partial charge in [0, 0.05) is 31.1 Å². The van der Waals surface area contributed by atoms with Gasteiger partial charge in [-0.2, -0.15) is 9.78 Å². The summed E-state index contributed by atoms with van der Waals surface area (Å²) in [5.41, 5.74) is 1.29. The monoisotopic (exact) mass is 557 g/mol. The molecule has 0 atom stereocenters. The van der Waals surface area contributed by atoms with Crippen molar-refractivity contribution >= 4 is 22.6 Å². The second kappa shape index (κ2) is 14.1. The van der Waals surface area contributed by atoms with Crippen LogP contribution >= 0.6 is 0 Å². The third-order valence-electron chi connectivity index (χ3n) is 6.71. The fourth-order valence-corrected chi connectivity index (χ4v) is 4.52. The number of benzene rings is 3. The Morgan fingerprint density at radius 3 is 2.32 bits per heavy atom. The van der Waals surface area contributed by atoms with E-state index in [1.807, 2.05) is 18.2 Å². The summed E-state index contributed by atoms with van der Waals surface area (Å²) in [7, 11) is 3.01. The van der Waals surface area contributed by atoms with Gasteiger partial charge in [-0.25, -0.2) is 0 Å². The summed E-state index contributed by atoms with van der Waals surface area (Å²) < 4.78 is 11.8. The van der Waals surface area contributed by atoms with Crippen molar-refractivity contribution in [1.29, 1.82) is 0 Å². The van der Waals surface area contributed by atoms with Gasteiger partial charge in [-0.15, -0.1) is 0 Å². The Bertz CT molecular complexity index is 1550. The fourth-order valence-electron chi connectivity index (χ4n) is 4.52. The minimum atomic E-state index is -0.564. The summed E-state index contributed by atoms with van der Waals surface area (Å²) >= 11 is 0. The Morgan fingerprint density at radius 2 is 1.61 bits per heavy atom. The molecule has 4 rings (SSSR count). The molecule has 4 aromatic rings. The number of amides is 2. The van der Waals surface area contributed by atoms with Crippen molar-refractivity contribution in [2.75, 3.05) is 40.4 Å². The topological polar surface area (TPSA) is 115 Å². The number of methoxy groups -OCH3 is 2. The number of rotatable bonds is 13. The van der Waals surface area contributed by atoms with E-state index in [0.29, 0.717) is 34.5 Å². The van der Waals surface area contributed by atoms with E-state index in [1.165, 1.54) is 19.8 Å². The van der Waals surface area contributed by atoms with Gasteiger partial charge in [0.05, 0.1) is 31.8 Å². The number of aromatic nitrogens is 2. The first kappa shape index (κ1) is 29.3. The van der Waals surface area contributed by atoms with Crippen molar-refractivity contribution in [2.24, 2.45) is 0 Å². The molecular weight excluding hydrogens is 522 g/mol. The van der Waals surface area contributed by atoms with Gasteiger partial charge in [-0.3, -0.25) is 19.3 Å². The van der Waals surface area contributed by atoms with E-state index in [1.54, 1.807) is 42.5 Å². The predicted octanol–water partition coefficient (Wildman–Crippen LogP) is 3.16. The van der Waals surface area contributed by atoms with E-state index in [2.05, 4.69) is 39.7 Å². The Morgan fingerprint density at radius 1 is 0.902 bits per heavy atom. The van der Waals surface area contributed by atoms with Crippen LogP contribution in [0.15, 0.2) is 77.6 Å². The lowest BCUT2D eigenvalue weighted by Gasteiger charge is -2.20. The summed E-state index contributed by atoms with van der Waals surface area (Å²) in [6.45, 7) is 4.99. The SMILES string of the molecule is CCN(CCCNC(=O)CNC(=O)c1nn(-c2ccc(OC)c(OC)c2)c(=O)c2ccccc12)Cc1ccccc1. The maximum atomic E-state index is 13.3. The highest BCUT2D eigenvalue weighted by molar-refractivity contribution is 6.05. The van der Waals surface area contributed by atoms with Gasteiger partial charge in [0.1, 0.15) is 0 Å². The van der Waals surface area contributed by atoms with Crippen molar-refractivity contribution in [3.8, 4) is 17.2 Å². The number of ether oxygens (including phenoxy) is 2. The zero-order valence-corrected chi connectivity index (χ0v) is 23.6. The van der Waals surface area contributed by atoms with Crippen LogP contribution in [0.5, 0.6) is 11.5 Å². The molecule has 41 heavy (non-hydrogen) atoms. The molecule has 214 valence electrons. The Hall–Kier alpha value is -4.70. The van der Waals surface area contributed by atoms with Crippen LogP contribution in [0.2, 0.25) is 0 Å². The molecule has 0 unspecified atom stereocenters. The fraction of sp³-hybridized carbons (Fsp3) is 0.290. The standard InChI is InChI=1S/C31H35N5O5/c1-4-35(21-22-11-6-5-7-12-22)18-10-17-32-28(37)20-33-30(38)29-24-13-8-9-14-25(24)31(39)36(34-29)23-15-16-26(40-2)27(19-23)41-3/h5-9,11-16,19H,4,10,17-18,20-21H2,1-3H3,(H,32,37)(H,33,38). The second-order valence-electron chi connectivity index (χ2n) is 9.39. The first-order valence-electron chi connectivity index (χ1n) is 13.5. The van der Waals surface area contributed by atoms with Crippen molar-refractivity contribution in [1.82, 2.24) is 25.3 Å². The Labute approximate surface area is 238 Å². The van der Waals surface area contributed by atoms with Crippen LogP contribution < -0.4 is 25.7 Å². The summed E-state index contributed by atoms with van der Waals surface area (Å²) in [5, 5.41) is 10.6. The van der Waals surface area contributed by atoms with Crippen LogP contribution in [0.3, 0.4) is 0 Å². The van der Waals surface area contributed by atoms with Crippen molar-refractivity contribution in [3.05, 3.63) is 94.4 Å². The smallest absolute Gasteiger partial charge is 0.279 e. The summed E-state index contributed by atoms with van der Waals surface area (Å²) in [5.74, 6) is 0.0388. The maximum absolute atomic E-state index is 13.3. The van der Waals surface area contributed by atoms with Gasteiger partial charge in [0.25, 0.3) is 11.5 Å². The van der Waals surface area contributed by atoms with Gasteiger partial charge in [-0.1, -0.05) is 55.5 Å². The molecule has 2 N–H and O–H groups in total. The highest BCUT2D eigenvalue weighted by Gasteiger charge is 2.19. The van der Waals surface area contributed by atoms with Crippen LogP contribution in [0.25, 0.3) is 16.5 Å². The van der Waals surface area contributed by atoms with Crippen molar-refractivity contribution in [2.45, 2.75) is 19.9 Å². The molecule has 0 bridgehead atoms. The first-order chi connectivity index (χ1) is 19.9. The van der Waals surface area contributed by atoms with Crippen LogP contribution in [-0.2, 0) is 11.3 Å². The van der Waals surface area contributed by atoms with E-state index in [0.717, 1.165) is 30.7 Å². The van der Waals surface area contributed by atoms with Gasteiger partial charge < -0.3 is 20.1 Å². The first-order valence-corrected chi connectivity index (χ1v) is 13.5. The number of nitrogens with one attached hydrogen (secondary N) is 2. The lowest BCUT2D eigenvalue weighted by molar-refractivity contribution is -0.120. The summed E-state index contributed by atoms with van der Waals surface area (Å²) in [4.78, 5) is 41.3. The molecule has 1 aromatic heterocycles. The van der Waals surface area contributed by atoms with Gasteiger partial charge >= 0.3 is 0 Å². The third kappa shape index (κ3) is 7.29. The van der Waals surface area contributed by atoms with E-state index in [4.69, 9.17) is 9.47 Å². The Balaban J connectivity index is 1.40. The summed E-state index contributed by atoms with van der Waals surface area (Å²) in [6, 6.07) is 21.9. The number of hydrogen-bond acceptors (Lipinski definition) is 7. The molecule has 0 saturated carbocycles.